The number of hydrogen-bond donors (Lipinski definition) is 1. The van der Waals surface area contributed by atoms with Crippen LogP contribution in [-0.4, -0.2) is 37.1 Å². The Morgan fingerprint density at radius 1 is 1.28 bits per heavy atom. The Morgan fingerprint density at radius 3 is 3.00 bits per heavy atom. The fraction of sp³-hybridized carbons (Fsp3) is 0.625. The third-order valence-corrected chi connectivity index (χ3v) is 4.64. The molecule has 3 rings (SSSR count). The lowest BCUT2D eigenvalue weighted by Gasteiger charge is -2.31. The van der Waals surface area contributed by atoms with Crippen molar-refractivity contribution in [2.45, 2.75) is 38.1 Å². The normalized spacial score (nSPS) is 26.9. The summed E-state index contributed by atoms with van der Waals surface area (Å²) in [5.41, 5.74) is 3.13. The molecular weight excluding hydrogens is 220 g/mol. The summed E-state index contributed by atoms with van der Waals surface area (Å²) in [6.45, 7) is 7.12. The van der Waals surface area contributed by atoms with Crippen molar-refractivity contribution in [2.75, 3.05) is 26.2 Å². The van der Waals surface area contributed by atoms with Gasteiger partial charge in [0.15, 0.2) is 0 Å². The van der Waals surface area contributed by atoms with E-state index in [1.165, 1.54) is 38.9 Å². The molecule has 1 aromatic rings. The van der Waals surface area contributed by atoms with Crippen LogP contribution in [0.3, 0.4) is 0 Å². The van der Waals surface area contributed by atoms with Gasteiger partial charge in [-0.25, -0.2) is 0 Å². The van der Waals surface area contributed by atoms with E-state index in [9.17, 15) is 0 Å². The summed E-state index contributed by atoms with van der Waals surface area (Å²) >= 11 is 0. The van der Waals surface area contributed by atoms with E-state index >= 15 is 0 Å². The van der Waals surface area contributed by atoms with Crippen LogP contribution in [0, 0.1) is 0 Å². The molecule has 1 aromatic carbocycles. The van der Waals surface area contributed by atoms with Crippen molar-refractivity contribution >= 4 is 0 Å². The van der Waals surface area contributed by atoms with Crippen LogP contribution in [0.1, 0.15) is 36.8 Å². The minimum atomic E-state index is 0.762. The van der Waals surface area contributed by atoms with Gasteiger partial charge in [0.2, 0.25) is 0 Å². The highest BCUT2D eigenvalue weighted by Gasteiger charge is 2.26. The van der Waals surface area contributed by atoms with Gasteiger partial charge in [0, 0.05) is 25.0 Å². The molecule has 1 fully saturated rings. The Balaban J connectivity index is 1.44. The van der Waals surface area contributed by atoms with Crippen molar-refractivity contribution in [1.29, 1.82) is 0 Å². The summed E-state index contributed by atoms with van der Waals surface area (Å²) in [6, 6.07) is 9.66. The molecule has 18 heavy (non-hydrogen) atoms. The Labute approximate surface area is 110 Å². The van der Waals surface area contributed by atoms with Crippen LogP contribution in [0.5, 0.6) is 0 Å². The van der Waals surface area contributed by atoms with Gasteiger partial charge in [-0.3, -0.25) is 4.90 Å². The van der Waals surface area contributed by atoms with E-state index in [-0.39, 0.29) is 0 Å². The number of nitrogens with zero attached hydrogens (tertiary/aromatic N) is 1. The van der Waals surface area contributed by atoms with Crippen molar-refractivity contribution < 1.29 is 0 Å². The van der Waals surface area contributed by atoms with Gasteiger partial charge in [0.25, 0.3) is 0 Å². The zero-order valence-electron chi connectivity index (χ0n) is 11.4. The minimum Gasteiger partial charge on any atom is -0.315 e. The monoisotopic (exact) mass is 244 g/mol. The first kappa shape index (κ1) is 12.2. The molecule has 0 amide bonds. The molecule has 1 aliphatic carbocycles. The lowest BCUT2D eigenvalue weighted by atomic mass is 9.77. The number of hydrogen-bond acceptors (Lipinski definition) is 2. The lowest BCUT2D eigenvalue weighted by Crippen LogP contribution is -2.40. The predicted molar refractivity (Wildman–Crippen MR) is 76.0 cm³/mol. The van der Waals surface area contributed by atoms with E-state index < -0.39 is 0 Å². The third kappa shape index (κ3) is 2.32. The smallest absolute Gasteiger partial charge is 0.0221 e. The molecule has 0 spiro atoms. The molecular formula is C16H24N2. The standard InChI is InChI=1S/C16H24N2/c1-2-18-9-5-7-15(18)12-17-11-14-10-13-6-3-4-8-16(13)14/h3-4,6,8,14-15,17H,2,5,7,9-12H2,1H3. The summed E-state index contributed by atoms with van der Waals surface area (Å²) in [7, 11) is 0. The Morgan fingerprint density at radius 2 is 2.17 bits per heavy atom. The van der Waals surface area contributed by atoms with Crippen molar-refractivity contribution in [3.8, 4) is 0 Å². The highest BCUT2D eigenvalue weighted by Crippen LogP contribution is 2.34. The van der Waals surface area contributed by atoms with Crippen LogP contribution >= 0.6 is 0 Å². The molecule has 2 aliphatic rings. The maximum absolute atomic E-state index is 3.69. The molecule has 0 aromatic heterocycles. The molecule has 1 aliphatic heterocycles. The second-order valence-electron chi connectivity index (χ2n) is 5.68. The Kier molecular flexibility index (Phi) is 3.67. The van der Waals surface area contributed by atoms with Gasteiger partial charge in [-0.05, 0) is 43.5 Å². The minimum absolute atomic E-state index is 0.762. The Bertz CT molecular complexity index is 402. The molecule has 1 heterocycles. The average molecular weight is 244 g/mol. The van der Waals surface area contributed by atoms with Crippen molar-refractivity contribution in [1.82, 2.24) is 10.2 Å². The van der Waals surface area contributed by atoms with Crippen molar-refractivity contribution in [3.05, 3.63) is 35.4 Å². The fourth-order valence-corrected chi connectivity index (χ4v) is 3.51. The van der Waals surface area contributed by atoms with Crippen molar-refractivity contribution in [2.24, 2.45) is 0 Å². The lowest BCUT2D eigenvalue weighted by molar-refractivity contribution is 0.258. The summed E-state index contributed by atoms with van der Waals surface area (Å²) in [6.07, 6.45) is 4.03. The first-order valence-corrected chi connectivity index (χ1v) is 7.41. The third-order valence-electron chi connectivity index (χ3n) is 4.64. The van der Waals surface area contributed by atoms with E-state index in [1.54, 1.807) is 11.1 Å². The van der Waals surface area contributed by atoms with Crippen LogP contribution in [-0.2, 0) is 6.42 Å². The molecule has 1 N–H and O–H groups in total. The van der Waals surface area contributed by atoms with Gasteiger partial charge >= 0.3 is 0 Å². The van der Waals surface area contributed by atoms with E-state index in [4.69, 9.17) is 0 Å². The maximum Gasteiger partial charge on any atom is 0.0221 e. The summed E-state index contributed by atoms with van der Waals surface area (Å²) in [5.74, 6) is 0.762. The molecule has 1 saturated heterocycles. The number of rotatable bonds is 5. The molecule has 0 saturated carbocycles. The molecule has 0 radical (unpaired) electrons. The fourth-order valence-electron chi connectivity index (χ4n) is 3.51. The largest absolute Gasteiger partial charge is 0.315 e. The Hall–Kier alpha value is -0.860. The zero-order valence-corrected chi connectivity index (χ0v) is 11.4. The molecule has 2 atom stereocenters. The first-order chi connectivity index (χ1) is 8.88. The second-order valence-corrected chi connectivity index (χ2v) is 5.68. The molecule has 2 heteroatoms. The summed E-state index contributed by atoms with van der Waals surface area (Å²) in [5, 5.41) is 3.69. The van der Waals surface area contributed by atoms with Crippen molar-refractivity contribution in [3.63, 3.8) is 0 Å². The van der Waals surface area contributed by atoms with Gasteiger partial charge in [-0.15, -0.1) is 0 Å². The van der Waals surface area contributed by atoms with E-state index in [0.29, 0.717) is 0 Å². The van der Waals surface area contributed by atoms with Gasteiger partial charge in [-0.2, -0.15) is 0 Å². The summed E-state index contributed by atoms with van der Waals surface area (Å²) in [4.78, 5) is 2.61. The number of fused-ring (bicyclic) bond motifs is 1. The van der Waals surface area contributed by atoms with Crippen LogP contribution < -0.4 is 5.32 Å². The SMILES string of the molecule is CCN1CCCC1CNCC1Cc2ccccc21. The molecule has 98 valence electrons. The maximum atomic E-state index is 3.69. The van der Waals surface area contributed by atoms with Crippen LogP contribution in [0.2, 0.25) is 0 Å². The highest BCUT2D eigenvalue weighted by molar-refractivity contribution is 5.40. The number of likely N-dealkylation sites (tertiary alicyclic amines) is 1. The predicted octanol–water partition coefficient (Wildman–Crippen LogP) is 2.40. The van der Waals surface area contributed by atoms with Crippen LogP contribution in [0.15, 0.2) is 24.3 Å². The first-order valence-electron chi connectivity index (χ1n) is 7.41. The van der Waals surface area contributed by atoms with E-state index in [0.717, 1.165) is 18.5 Å². The van der Waals surface area contributed by atoms with Gasteiger partial charge in [-0.1, -0.05) is 31.2 Å². The van der Waals surface area contributed by atoms with Gasteiger partial charge in [0.05, 0.1) is 0 Å². The van der Waals surface area contributed by atoms with Crippen LogP contribution in [0.25, 0.3) is 0 Å². The highest BCUT2D eigenvalue weighted by atomic mass is 15.2. The van der Waals surface area contributed by atoms with Crippen LogP contribution in [0.4, 0.5) is 0 Å². The number of likely N-dealkylation sites (N-methyl/N-ethyl adjacent to an activating group) is 1. The van der Waals surface area contributed by atoms with Gasteiger partial charge < -0.3 is 5.32 Å². The van der Waals surface area contributed by atoms with Gasteiger partial charge in [0.1, 0.15) is 0 Å². The number of benzene rings is 1. The average Bonchev–Trinajstić information content (AvgIpc) is 2.82. The quantitative estimate of drug-likeness (QED) is 0.855. The van der Waals surface area contributed by atoms with E-state index in [1.807, 2.05) is 0 Å². The van der Waals surface area contributed by atoms with E-state index in [2.05, 4.69) is 41.4 Å². The molecule has 2 unspecified atom stereocenters. The molecule has 2 nitrogen and oxygen atoms in total. The number of nitrogens with one attached hydrogen (secondary N) is 1. The molecule has 0 bridgehead atoms. The summed E-state index contributed by atoms with van der Waals surface area (Å²) < 4.78 is 0. The zero-order chi connectivity index (χ0) is 12.4. The second kappa shape index (κ2) is 5.41. The topological polar surface area (TPSA) is 15.3 Å².